The molecule has 176 valence electrons. The van der Waals surface area contributed by atoms with Crippen molar-refractivity contribution in [3.05, 3.63) is 17.7 Å². The van der Waals surface area contributed by atoms with Crippen LogP contribution in [0.2, 0.25) is 18.1 Å². The van der Waals surface area contributed by atoms with Gasteiger partial charge in [-0.1, -0.05) is 27.2 Å². The number of carbonyl (C=O) groups excluding carboxylic acids is 1. The van der Waals surface area contributed by atoms with E-state index in [0.29, 0.717) is 35.8 Å². The summed E-state index contributed by atoms with van der Waals surface area (Å²) in [6.07, 6.45) is 3.41. The Kier molecular flexibility index (Phi) is 8.41. The molecule has 1 aromatic carbocycles. The summed E-state index contributed by atoms with van der Waals surface area (Å²) in [6.45, 7) is 11.0. The molecule has 4 N–H and O–H groups in total. The molecule has 0 radical (unpaired) electrons. The van der Waals surface area contributed by atoms with E-state index < -0.39 is 14.4 Å². The van der Waals surface area contributed by atoms with Gasteiger partial charge in [-0.3, -0.25) is 4.79 Å². The summed E-state index contributed by atoms with van der Waals surface area (Å²) < 4.78 is 11.2. The zero-order valence-corrected chi connectivity index (χ0v) is 20.9. The fourth-order valence-electron chi connectivity index (χ4n) is 3.76. The van der Waals surface area contributed by atoms with E-state index in [0.717, 1.165) is 25.7 Å². The van der Waals surface area contributed by atoms with Crippen molar-refractivity contribution in [2.75, 3.05) is 26.0 Å². The van der Waals surface area contributed by atoms with Crippen LogP contribution in [-0.2, 0) is 0 Å². The van der Waals surface area contributed by atoms with Crippen molar-refractivity contribution in [1.29, 1.82) is 0 Å². The summed E-state index contributed by atoms with van der Waals surface area (Å²) in [6, 6.07) is 3.18. The van der Waals surface area contributed by atoms with Crippen LogP contribution in [0.5, 0.6) is 11.5 Å². The molecule has 2 rings (SSSR count). The molecular weight excluding hydrogens is 412 g/mol. The molecule has 0 spiro atoms. The maximum atomic E-state index is 13.4. The van der Waals surface area contributed by atoms with E-state index in [-0.39, 0.29) is 23.5 Å². The number of nitrogen functional groups attached to an aromatic ring is 1. The van der Waals surface area contributed by atoms with E-state index in [9.17, 15) is 14.7 Å². The van der Waals surface area contributed by atoms with Crippen LogP contribution in [0.4, 0.5) is 5.69 Å². The molecule has 2 atom stereocenters. The van der Waals surface area contributed by atoms with E-state index >= 15 is 0 Å². The van der Waals surface area contributed by atoms with Gasteiger partial charge in [-0.2, -0.15) is 0 Å². The molecule has 0 unspecified atom stereocenters. The lowest BCUT2D eigenvalue weighted by atomic mass is 10.00. The molecule has 1 amide bonds. The van der Waals surface area contributed by atoms with Gasteiger partial charge in [0.05, 0.1) is 25.4 Å². The maximum absolute atomic E-state index is 13.4. The zero-order valence-electron chi connectivity index (χ0n) is 19.9. The van der Waals surface area contributed by atoms with Gasteiger partial charge in [0.2, 0.25) is 0 Å². The van der Waals surface area contributed by atoms with Crippen LogP contribution in [0.3, 0.4) is 0 Å². The quantitative estimate of drug-likeness (QED) is 0.283. The summed E-state index contributed by atoms with van der Waals surface area (Å²) in [5.74, 6) is 0.787. The SMILES string of the molecule is CCCCOc1cc(N)c(C(=O)N2C[C@H](O)C[C@H]2CCC(C)(C)[Si](C)(C)O)cc1OC. The molecule has 0 bridgehead atoms. The second-order valence-corrected chi connectivity index (χ2v) is 14.2. The number of aliphatic hydroxyl groups excluding tert-OH is 1. The number of amides is 1. The minimum Gasteiger partial charge on any atom is -0.493 e. The lowest BCUT2D eigenvalue weighted by molar-refractivity contribution is 0.0708. The molecule has 31 heavy (non-hydrogen) atoms. The Morgan fingerprint density at radius 2 is 2.00 bits per heavy atom. The Bertz CT molecular complexity index is 763. The molecule has 1 saturated heterocycles. The number of nitrogens with two attached hydrogens (primary N) is 1. The molecule has 1 aliphatic heterocycles. The predicted molar refractivity (Wildman–Crippen MR) is 126 cm³/mol. The number of nitrogens with zero attached hydrogens (tertiary/aromatic N) is 1. The summed E-state index contributed by atoms with van der Waals surface area (Å²) in [5, 5.41) is 10.1. The number of ether oxygens (including phenoxy) is 2. The lowest BCUT2D eigenvalue weighted by Crippen LogP contribution is -2.41. The molecule has 8 heteroatoms. The number of aliphatic hydroxyl groups is 1. The standard InChI is InChI=1S/C23H40N2O5Si/c1-7-8-11-30-21-14-19(24)18(13-20(21)29-4)22(27)25-15-17(26)12-16(25)9-10-23(2,3)31(5,6)28/h13-14,16-17,26,28H,7-12,15,24H2,1-6H3/t16-,17-/m1/s1. The molecule has 0 aliphatic carbocycles. The van der Waals surface area contributed by atoms with Crippen LogP contribution in [0.25, 0.3) is 0 Å². The second-order valence-electron chi connectivity index (χ2n) is 9.77. The van der Waals surface area contributed by atoms with Gasteiger partial charge in [-0.05, 0) is 49.9 Å². The molecule has 7 nitrogen and oxygen atoms in total. The first kappa shape index (κ1) is 25.5. The highest BCUT2D eigenvalue weighted by Gasteiger charge is 2.41. The van der Waals surface area contributed by atoms with E-state index in [4.69, 9.17) is 15.2 Å². The molecule has 1 aliphatic rings. The van der Waals surface area contributed by atoms with E-state index in [1.807, 2.05) is 13.1 Å². The van der Waals surface area contributed by atoms with Crippen LogP contribution < -0.4 is 15.2 Å². The normalized spacial score (nSPS) is 19.5. The van der Waals surface area contributed by atoms with E-state index in [2.05, 4.69) is 20.8 Å². The summed E-state index contributed by atoms with van der Waals surface area (Å²) in [7, 11) is -0.806. The average Bonchev–Trinajstić information content (AvgIpc) is 3.06. The van der Waals surface area contributed by atoms with Gasteiger partial charge in [0.1, 0.15) is 0 Å². The number of hydrogen-bond acceptors (Lipinski definition) is 6. The van der Waals surface area contributed by atoms with Gasteiger partial charge >= 0.3 is 0 Å². The van der Waals surface area contributed by atoms with Crippen molar-refractivity contribution in [2.45, 2.75) is 83.2 Å². The van der Waals surface area contributed by atoms with Gasteiger partial charge in [-0.25, -0.2) is 0 Å². The Balaban J connectivity index is 2.21. The topological polar surface area (TPSA) is 105 Å². The number of unbranched alkanes of at least 4 members (excludes halogenated alkanes) is 1. The number of benzene rings is 1. The average molecular weight is 453 g/mol. The lowest BCUT2D eigenvalue weighted by Gasteiger charge is -2.36. The minimum atomic E-state index is -2.35. The van der Waals surface area contributed by atoms with Crippen molar-refractivity contribution in [3.63, 3.8) is 0 Å². The number of carbonyl (C=O) groups is 1. The highest BCUT2D eigenvalue weighted by Crippen LogP contribution is 2.42. The van der Waals surface area contributed by atoms with Crippen LogP contribution in [0.1, 0.15) is 63.2 Å². The van der Waals surface area contributed by atoms with Crippen molar-refractivity contribution in [2.24, 2.45) is 0 Å². The third-order valence-corrected chi connectivity index (χ3v) is 10.3. The van der Waals surface area contributed by atoms with Crippen molar-refractivity contribution < 1.29 is 24.2 Å². The predicted octanol–water partition coefficient (Wildman–Crippen LogP) is 3.79. The first-order chi connectivity index (χ1) is 14.4. The smallest absolute Gasteiger partial charge is 0.256 e. The third-order valence-electron chi connectivity index (χ3n) is 6.73. The Morgan fingerprint density at radius 3 is 2.58 bits per heavy atom. The Hall–Kier alpha value is -1.77. The van der Waals surface area contributed by atoms with Crippen LogP contribution in [-0.4, -0.2) is 61.4 Å². The first-order valence-corrected chi connectivity index (χ1v) is 14.2. The van der Waals surface area contributed by atoms with Crippen molar-refractivity contribution in [1.82, 2.24) is 4.90 Å². The summed E-state index contributed by atoms with van der Waals surface area (Å²) in [4.78, 5) is 25.7. The second kappa shape index (κ2) is 10.2. The van der Waals surface area contributed by atoms with Gasteiger partial charge in [0.25, 0.3) is 5.91 Å². The third kappa shape index (κ3) is 6.14. The highest BCUT2D eigenvalue weighted by molar-refractivity contribution is 6.72. The molecule has 1 heterocycles. The minimum absolute atomic E-state index is 0.0935. The fourth-order valence-corrected chi connectivity index (χ4v) is 4.52. The van der Waals surface area contributed by atoms with Crippen LogP contribution in [0, 0.1) is 0 Å². The molecule has 1 aromatic rings. The largest absolute Gasteiger partial charge is 0.493 e. The zero-order chi connectivity index (χ0) is 23.4. The number of likely N-dealkylation sites (tertiary alicyclic amines) is 1. The number of anilines is 1. The van der Waals surface area contributed by atoms with Gasteiger partial charge in [-0.15, -0.1) is 0 Å². The van der Waals surface area contributed by atoms with Gasteiger partial charge in [0, 0.05) is 24.3 Å². The molecular formula is C23H40N2O5Si. The molecule has 0 aromatic heterocycles. The van der Waals surface area contributed by atoms with Crippen LogP contribution >= 0.6 is 0 Å². The molecule has 0 saturated carbocycles. The van der Waals surface area contributed by atoms with Gasteiger partial charge in [0.15, 0.2) is 19.8 Å². The highest BCUT2D eigenvalue weighted by atomic mass is 28.4. The Labute approximate surface area is 187 Å². The first-order valence-electron chi connectivity index (χ1n) is 11.2. The van der Waals surface area contributed by atoms with Crippen molar-refractivity contribution in [3.8, 4) is 11.5 Å². The van der Waals surface area contributed by atoms with Crippen LogP contribution in [0.15, 0.2) is 12.1 Å². The maximum Gasteiger partial charge on any atom is 0.256 e. The number of rotatable bonds is 10. The number of hydrogen-bond donors (Lipinski definition) is 3. The number of β-amino-alcohol motifs (C(OH)–C–C–N with tert-alkyl or cyclic N) is 1. The van der Waals surface area contributed by atoms with Gasteiger partial charge < -0.3 is 30.0 Å². The Morgan fingerprint density at radius 1 is 1.32 bits per heavy atom. The summed E-state index contributed by atoms with van der Waals surface area (Å²) in [5.41, 5.74) is 6.92. The van der Waals surface area contributed by atoms with E-state index in [1.54, 1.807) is 17.0 Å². The van der Waals surface area contributed by atoms with Crippen molar-refractivity contribution >= 4 is 19.9 Å². The van der Waals surface area contributed by atoms with E-state index in [1.165, 1.54) is 7.11 Å². The summed E-state index contributed by atoms with van der Waals surface area (Å²) >= 11 is 0. The molecule has 1 fully saturated rings. The monoisotopic (exact) mass is 452 g/mol. The number of methoxy groups -OCH3 is 1. The fraction of sp³-hybridized carbons (Fsp3) is 0.696.